The third-order valence-corrected chi connectivity index (χ3v) is 6.30. The normalized spacial score (nSPS) is 18.1. The fraction of sp³-hybridized carbons (Fsp3) is 0.381. The number of hydrogen-bond acceptors (Lipinski definition) is 7. The maximum absolute atomic E-state index is 13.1. The number of nitrogens with one attached hydrogen (secondary N) is 2. The Kier molecular flexibility index (Phi) is 5.36. The molecule has 0 saturated heterocycles. The second-order valence-electron chi connectivity index (χ2n) is 7.14. The molecule has 1 unspecified atom stereocenters. The quantitative estimate of drug-likeness (QED) is 0.509. The number of ketones is 1. The van der Waals surface area contributed by atoms with Crippen LogP contribution >= 0.6 is 11.8 Å². The summed E-state index contributed by atoms with van der Waals surface area (Å²) in [6.45, 7) is 2.07. The predicted molar refractivity (Wildman–Crippen MR) is 112 cm³/mol. The SMILES string of the molecule is CCCSc1nc2c(c(=O)[nH]1)C(c1ccc(O)c(OC)c1)C1=C(CCCC1=O)N2. The lowest BCUT2D eigenvalue weighted by Gasteiger charge is -2.33. The molecule has 2 heterocycles. The highest BCUT2D eigenvalue weighted by Crippen LogP contribution is 2.44. The Morgan fingerprint density at radius 3 is 2.90 bits per heavy atom. The molecule has 0 amide bonds. The van der Waals surface area contributed by atoms with Crippen molar-refractivity contribution in [1.82, 2.24) is 9.97 Å². The topological polar surface area (TPSA) is 104 Å². The summed E-state index contributed by atoms with van der Waals surface area (Å²) in [7, 11) is 1.47. The zero-order valence-electron chi connectivity index (χ0n) is 16.4. The number of aromatic hydroxyl groups is 1. The van der Waals surface area contributed by atoms with Gasteiger partial charge in [-0.25, -0.2) is 4.98 Å². The van der Waals surface area contributed by atoms with Crippen molar-refractivity contribution in [3.05, 3.63) is 50.9 Å². The van der Waals surface area contributed by atoms with E-state index in [2.05, 4.69) is 22.2 Å². The number of ether oxygens (including phenoxy) is 1. The Bertz CT molecular complexity index is 1060. The molecule has 0 bridgehead atoms. The van der Waals surface area contributed by atoms with Gasteiger partial charge in [0.2, 0.25) is 0 Å². The minimum atomic E-state index is -0.551. The number of benzene rings is 1. The van der Waals surface area contributed by atoms with Crippen molar-refractivity contribution >= 4 is 23.4 Å². The number of anilines is 1. The van der Waals surface area contributed by atoms with Gasteiger partial charge in [0.25, 0.3) is 5.56 Å². The summed E-state index contributed by atoms with van der Waals surface area (Å²) in [6, 6.07) is 4.93. The molecule has 0 saturated carbocycles. The zero-order valence-corrected chi connectivity index (χ0v) is 17.2. The molecule has 1 aromatic carbocycles. The maximum Gasteiger partial charge on any atom is 0.257 e. The molecule has 152 valence electrons. The maximum atomic E-state index is 13.1. The zero-order chi connectivity index (χ0) is 20.5. The van der Waals surface area contributed by atoms with Crippen LogP contribution in [0.3, 0.4) is 0 Å². The average molecular weight is 413 g/mol. The first-order valence-electron chi connectivity index (χ1n) is 9.70. The Hall–Kier alpha value is -2.74. The monoisotopic (exact) mass is 413 g/mol. The van der Waals surface area contributed by atoms with E-state index in [1.165, 1.54) is 24.9 Å². The molecule has 7 nitrogen and oxygen atoms in total. The molecule has 2 aromatic rings. The number of fused-ring (bicyclic) bond motifs is 1. The number of aromatic amines is 1. The van der Waals surface area contributed by atoms with Crippen molar-refractivity contribution in [2.75, 3.05) is 18.2 Å². The lowest BCUT2D eigenvalue weighted by Crippen LogP contribution is -2.32. The number of H-pyrrole nitrogens is 1. The second kappa shape index (κ2) is 7.94. The lowest BCUT2D eigenvalue weighted by molar-refractivity contribution is -0.116. The predicted octanol–water partition coefficient (Wildman–Crippen LogP) is 3.55. The summed E-state index contributed by atoms with van der Waals surface area (Å²) in [6.07, 6.45) is 2.93. The van der Waals surface area contributed by atoms with Crippen molar-refractivity contribution in [1.29, 1.82) is 0 Å². The van der Waals surface area contributed by atoms with Crippen molar-refractivity contribution in [3.63, 3.8) is 0 Å². The minimum absolute atomic E-state index is 0.00734. The highest BCUT2D eigenvalue weighted by molar-refractivity contribution is 7.99. The van der Waals surface area contributed by atoms with E-state index in [1.807, 2.05) is 0 Å². The molecule has 0 fully saturated rings. The van der Waals surface area contributed by atoms with Gasteiger partial charge in [-0.05, 0) is 37.0 Å². The Morgan fingerprint density at radius 2 is 2.14 bits per heavy atom. The van der Waals surface area contributed by atoms with E-state index in [1.54, 1.807) is 12.1 Å². The molecule has 1 aromatic heterocycles. The fourth-order valence-corrected chi connectivity index (χ4v) is 4.63. The number of hydrogen-bond donors (Lipinski definition) is 3. The molecule has 0 radical (unpaired) electrons. The van der Waals surface area contributed by atoms with Crippen LogP contribution in [-0.2, 0) is 4.79 Å². The number of carbonyl (C=O) groups excluding carboxylic acids is 1. The number of phenols is 1. The summed E-state index contributed by atoms with van der Waals surface area (Å²) in [4.78, 5) is 33.4. The number of nitrogens with zero attached hydrogens (tertiary/aromatic N) is 1. The third kappa shape index (κ3) is 3.53. The molecule has 3 N–H and O–H groups in total. The van der Waals surface area contributed by atoms with Crippen LogP contribution in [0.1, 0.15) is 49.7 Å². The van der Waals surface area contributed by atoms with Gasteiger partial charge in [0, 0.05) is 29.4 Å². The molecule has 1 atom stereocenters. The third-order valence-electron chi connectivity index (χ3n) is 5.22. The average Bonchev–Trinajstić information content (AvgIpc) is 2.71. The molecule has 2 aliphatic rings. The molecule has 1 aliphatic carbocycles. The number of thioether (sulfide) groups is 1. The van der Waals surface area contributed by atoms with Gasteiger partial charge in [0.05, 0.1) is 12.7 Å². The van der Waals surface area contributed by atoms with Gasteiger partial charge in [-0.2, -0.15) is 0 Å². The van der Waals surface area contributed by atoms with Crippen LogP contribution in [0, 0.1) is 0 Å². The van der Waals surface area contributed by atoms with E-state index in [4.69, 9.17) is 4.74 Å². The number of Topliss-reactive ketones (excluding diaryl/α,β-unsaturated/α-hetero) is 1. The highest BCUT2D eigenvalue weighted by atomic mass is 32.2. The Morgan fingerprint density at radius 1 is 1.31 bits per heavy atom. The van der Waals surface area contributed by atoms with Crippen LogP contribution in [-0.4, -0.2) is 33.7 Å². The molecule has 1 aliphatic heterocycles. The van der Waals surface area contributed by atoms with Crippen LogP contribution < -0.4 is 15.6 Å². The fourth-order valence-electron chi connectivity index (χ4n) is 3.91. The smallest absolute Gasteiger partial charge is 0.257 e. The first-order chi connectivity index (χ1) is 14.0. The van der Waals surface area contributed by atoms with Crippen LogP contribution in [0.2, 0.25) is 0 Å². The Balaban J connectivity index is 1.91. The summed E-state index contributed by atoms with van der Waals surface area (Å²) in [5.41, 5.74) is 2.31. The molecule has 4 rings (SSSR count). The summed E-state index contributed by atoms with van der Waals surface area (Å²) in [5, 5.41) is 13.8. The number of methoxy groups -OCH3 is 1. The number of phenolic OH excluding ortho intramolecular Hbond substituents is 1. The van der Waals surface area contributed by atoms with Crippen LogP contribution in [0.4, 0.5) is 5.82 Å². The van der Waals surface area contributed by atoms with Gasteiger partial charge < -0.3 is 20.1 Å². The second-order valence-corrected chi connectivity index (χ2v) is 8.22. The molecular weight excluding hydrogens is 390 g/mol. The Labute approximate surface area is 172 Å². The lowest BCUT2D eigenvalue weighted by atomic mass is 9.76. The summed E-state index contributed by atoms with van der Waals surface area (Å²) < 4.78 is 5.25. The number of allylic oxidation sites excluding steroid dienone is 2. The van der Waals surface area contributed by atoms with E-state index in [0.29, 0.717) is 39.8 Å². The van der Waals surface area contributed by atoms with Gasteiger partial charge in [-0.15, -0.1) is 0 Å². The largest absolute Gasteiger partial charge is 0.504 e. The van der Waals surface area contributed by atoms with Crippen LogP contribution in [0.25, 0.3) is 0 Å². The van der Waals surface area contributed by atoms with E-state index in [0.717, 1.165) is 30.7 Å². The number of rotatable bonds is 5. The summed E-state index contributed by atoms with van der Waals surface area (Å²) in [5.74, 6) is 1.14. The number of carbonyl (C=O) groups is 1. The summed E-state index contributed by atoms with van der Waals surface area (Å²) >= 11 is 1.50. The van der Waals surface area contributed by atoms with Gasteiger partial charge in [-0.3, -0.25) is 9.59 Å². The molecular formula is C21H23N3O4S. The molecule has 0 spiro atoms. The first kappa shape index (κ1) is 19.6. The highest BCUT2D eigenvalue weighted by Gasteiger charge is 2.38. The van der Waals surface area contributed by atoms with Crippen molar-refractivity contribution < 1.29 is 14.6 Å². The standard InChI is InChI=1S/C21H23N3O4S/c1-3-9-29-21-23-19-18(20(27)24-21)16(11-7-8-13(25)15(10-11)28-2)17-12(22-19)5-4-6-14(17)26/h7-8,10,16,25H,3-6,9H2,1-2H3,(H2,22,23,24,27). The van der Waals surface area contributed by atoms with Gasteiger partial charge in [0.15, 0.2) is 22.4 Å². The van der Waals surface area contributed by atoms with E-state index in [-0.39, 0.29) is 17.1 Å². The van der Waals surface area contributed by atoms with E-state index >= 15 is 0 Å². The number of aromatic nitrogens is 2. The van der Waals surface area contributed by atoms with Crippen molar-refractivity contribution in [2.24, 2.45) is 0 Å². The van der Waals surface area contributed by atoms with Crippen molar-refractivity contribution in [2.45, 2.75) is 43.7 Å². The van der Waals surface area contributed by atoms with Gasteiger partial charge in [-0.1, -0.05) is 24.8 Å². The van der Waals surface area contributed by atoms with Crippen LogP contribution in [0.5, 0.6) is 11.5 Å². The van der Waals surface area contributed by atoms with Crippen LogP contribution in [0.15, 0.2) is 39.4 Å². The molecule has 8 heteroatoms. The first-order valence-corrected chi connectivity index (χ1v) is 10.7. The van der Waals surface area contributed by atoms with Gasteiger partial charge >= 0.3 is 0 Å². The van der Waals surface area contributed by atoms with Crippen molar-refractivity contribution in [3.8, 4) is 11.5 Å². The minimum Gasteiger partial charge on any atom is -0.504 e. The molecule has 29 heavy (non-hydrogen) atoms. The van der Waals surface area contributed by atoms with Gasteiger partial charge in [0.1, 0.15) is 5.82 Å². The van der Waals surface area contributed by atoms with E-state index in [9.17, 15) is 14.7 Å². The van der Waals surface area contributed by atoms with E-state index < -0.39 is 5.92 Å².